The highest BCUT2D eigenvalue weighted by Crippen LogP contribution is 2.14. The summed E-state index contributed by atoms with van der Waals surface area (Å²) >= 11 is 2.86. The normalized spacial score (nSPS) is 11.0. The van der Waals surface area contributed by atoms with Gasteiger partial charge in [0, 0.05) is 32.1 Å². The van der Waals surface area contributed by atoms with Crippen LogP contribution in [-0.2, 0) is 21.7 Å². The monoisotopic (exact) mass is 356 g/mol. The molecule has 2 rings (SSSR count). The first-order valence-corrected chi connectivity index (χ1v) is 9.33. The molecule has 0 fully saturated rings. The first-order valence-electron chi connectivity index (χ1n) is 7.36. The summed E-state index contributed by atoms with van der Waals surface area (Å²) in [6.45, 7) is 3.24. The van der Waals surface area contributed by atoms with Gasteiger partial charge >= 0.3 is 0 Å². The summed E-state index contributed by atoms with van der Waals surface area (Å²) in [6.07, 6.45) is 1.58. The Bertz CT molecular complexity index is 714. The summed E-state index contributed by atoms with van der Waals surface area (Å²) in [5.41, 5.74) is 0.504. The van der Waals surface area contributed by atoms with Crippen LogP contribution in [0.25, 0.3) is 4.96 Å². The summed E-state index contributed by atoms with van der Waals surface area (Å²) < 4.78 is 6.25. The Labute approximate surface area is 142 Å². The van der Waals surface area contributed by atoms with Crippen molar-refractivity contribution in [2.75, 3.05) is 26.0 Å². The smallest absolute Gasteiger partial charge is 0.275 e. The van der Waals surface area contributed by atoms with Crippen LogP contribution >= 0.6 is 23.1 Å². The first kappa shape index (κ1) is 17.9. The summed E-state index contributed by atoms with van der Waals surface area (Å²) in [5.74, 6) is 0.850. The molecule has 2 aromatic heterocycles. The number of amides is 1. The van der Waals surface area contributed by atoms with Gasteiger partial charge in [-0.15, -0.1) is 11.8 Å². The second-order valence-electron chi connectivity index (χ2n) is 4.82. The van der Waals surface area contributed by atoms with Gasteiger partial charge in [0.2, 0.25) is 10.9 Å². The van der Waals surface area contributed by atoms with Gasteiger partial charge in [-0.25, -0.2) is 4.98 Å². The second-order valence-corrected chi connectivity index (χ2v) is 6.84. The number of hydrogen-bond donors (Lipinski definition) is 1. The standard InChI is InChI=1S/C14H20N4O3S2/c1-3-12-17-18-13(20)7-10(16-14(18)23-12)8-22-9-11(19)15-5-4-6-21-2/h7H,3-6,8-9H2,1-2H3,(H,15,19). The van der Waals surface area contributed by atoms with E-state index in [0.717, 1.165) is 17.8 Å². The number of methoxy groups -OCH3 is 1. The van der Waals surface area contributed by atoms with Crippen LogP contribution in [0.2, 0.25) is 0 Å². The molecule has 0 radical (unpaired) electrons. The van der Waals surface area contributed by atoms with Gasteiger partial charge in [0.05, 0.1) is 11.4 Å². The highest BCUT2D eigenvalue weighted by molar-refractivity contribution is 7.99. The third kappa shape index (κ3) is 5.29. The van der Waals surface area contributed by atoms with Gasteiger partial charge < -0.3 is 10.1 Å². The zero-order valence-corrected chi connectivity index (χ0v) is 14.8. The Balaban J connectivity index is 1.85. The lowest BCUT2D eigenvalue weighted by molar-refractivity contribution is -0.118. The van der Waals surface area contributed by atoms with E-state index >= 15 is 0 Å². The van der Waals surface area contributed by atoms with Crippen molar-refractivity contribution < 1.29 is 9.53 Å². The number of nitrogens with zero attached hydrogens (tertiary/aromatic N) is 3. The molecule has 0 aromatic carbocycles. The first-order chi connectivity index (χ1) is 11.1. The van der Waals surface area contributed by atoms with E-state index in [9.17, 15) is 9.59 Å². The van der Waals surface area contributed by atoms with E-state index < -0.39 is 0 Å². The number of rotatable bonds is 9. The number of aromatic nitrogens is 3. The van der Waals surface area contributed by atoms with Crippen LogP contribution in [0, 0.1) is 0 Å². The molecular weight excluding hydrogens is 336 g/mol. The molecule has 0 aliphatic carbocycles. The molecule has 7 nitrogen and oxygen atoms in total. The maximum atomic E-state index is 12.0. The largest absolute Gasteiger partial charge is 0.385 e. The second kappa shape index (κ2) is 8.99. The molecule has 0 spiro atoms. The SMILES string of the molecule is CCc1nn2c(=O)cc(CSCC(=O)NCCCOC)nc2s1. The Morgan fingerprint density at radius 2 is 2.35 bits per heavy atom. The molecular formula is C14H20N4O3S2. The summed E-state index contributed by atoms with van der Waals surface area (Å²) in [7, 11) is 1.64. The molecule has 2 heterocycles. The Morgan fingerprint density at radius 1 is 1.52 bits per heavy atom. The average molecular weight is 356 g/mol. The van der Waals surface area contributed by atoms with E-state index in [-0.39, 0.29) is 11.5 Å². The minimum Gasteiger partial charge on any atom is -0.385 e. The van der Waals surface area contributed by atoms with E-state index in [1.54, 1.807) is 7.11 Å². The van der Waals surface area contributed by atoms with Crippen molar-refractivity contribution >= 4 is 34.0 Å². The van der Waals surface area contributed by atoms with Crippen LogP contribution in [0.1, 0.15) is 24.0 Å². The van der Waals surface area contributed by atoms with Gasteiger partial charge in [-0.3, -0.25) is 9.59 Å². The third-order valence-corrected chi connectivity index (χ3v) is 4.99. The number of carbonyl (C=O) groups is 1. The minimum absolute atomic E-state index is 0.0186. The number of fused-ring (bicyclic) bond motifs is 1. The van der Waals surface area contributed by atoms with Crippen molar-refractivity contribution in [2.45, 2.75) is 25.5 Å². The number of nitrogens with one attached hydrogen (secondary N) is 1. The van der Waals surface area contributed by atoms with Crippen LogP contribution < -0.4 is 10.9 Å². The zero-order valence-electron chi connectivity index (χ0n) is 13.2. The molecule has 23 heavy (non-hydrogen) atoms. The van der Waals surface area contributed by atoms with Crippen LogP contribution in [0.5, 0.6) is 0 Å². The topological polar surface area (TPSA) is 85.6 Å². The van der Waals surface area contributed by atoms with Crippen molar-refractivity contribution in [2.24, 2.45) is 0 Å². The molecule has 0 bridgehead atoms. The molecule has 0 atom stereocenters. The quantitative estimate of drug-likeness (QED) is 0.677. The van der Waals surface area contributed by atoms with Crippen molar-refractivity contribution in [1.29, 1.82) is 0 Å². The minimum atomic E-state index is -0.175. The van der Waals surface area contributed by atoms with Gasteiger partial charge in [-0.05, 0) is 12.8 Å². The summed E-state index contributed by atoms with van der Waals surface area (Å²) in [6, 6.07) is 1.48. The third-order valence-electron chi connectivity index (χ3n) is 2.97. The van der Waals surface area contributed by atoms with Crippen molar-refractivity contribution in [3.8, 4) is 0 Å². The van der Waals surface area contributed by atoms with Crippen molar-refractivity contribution in [3.05, 3.63) is 27.1 Å². The Morgan fingerprint density at radius 3 is 3.09 bits per heavy atom. The number of ether oxygens (including phenoxy) is 1. The summed E-state index contributed by atoms with van der Waals surface area (Å²) in [4.78, 5) is 28.7. The molecule has 0 saturated heterocycles. The van der Waals surface area contributed by atoms with Gasteiger partial charge in [-0.1, -0.05) is 18.3 Å². The Kier molecular flexibility index (Phi) is 7.00. The van der Waals surface area contributed by atoms with Crippen LogP contribution in [0.3, 0.4) is 0 Å². The molecule has 0 saturated carbocycles. The predicted octanol–water partition coefficient (Wildman–Crippen LogP) is 1.10. The van der Waals surface area contributed by atoms with Gasteiger partial charge in [0.1, 0.15) is 5.01 Å². The molecule has 2 aromatic rings. The Hall–Kier alpha value is -1.45. The summed E-state index contributed by atoms with van der Waals surface area (Å²) in [5, 5.41) is 7.91. The predicted molar refractivity (Wildman–Crippen MR) is 92.2 cm³/mol. The van der Waals surface area contributed by atoms with Crippen LogP contribution in [0.4, 0.5) is 0 Å². The maximum absolute atomic E-state index is 12.0. The zero-order chi connectivity index (χ0) is 16.7. The van der Waals surface area contributed by atoms with E-state index in [2.05, 4.69) is 15.4 Å². The van der Waals surface area contributed by atoms with E-state index in [1.807, 2.05) is 6.92 Å². The fourth-order valence-corrected chi connectivity index (χ4v) is 3.46. The molecule has 1 amide bonds. The maximum Gasteiger partial charge on any atom is 0.275 e. The number of aryl methyl sites for hydroxylation is 1. The van der Waals surface area contributed by atoms with E-state index in [1.165, 1.54) is 33.7 Å². The van der Waals surface area contributed by atoms with Gasteiger partial charge in [0.15, 0.2) is 0 Å². The van der Waals surface area contributed by atoms with Crippen LogP contribution in [-0.4, -0.2) is 46.5 Å². The van der Waals surface area contributed by atoms with Gasteiger partial charge in [0.25, 0.3) is 5.56 Å². The van der Waals surface area contributed by atoms with E-state index in [0.29, 0.717) is 35.3 Å². The molecule has 0 aliphatic rings. The van der Waals surface area contributed by atoms with Crippen LogP contribution in [0.15, 0.2) is 10.9 Å². The fourth-order valence-electron chi connectivity index (χ4n) is 1.86. The highest BCUT2D eigenvalue weighted by atomic mass is 32.2. The van der Waals surface area contributed by atoms with Gasteiger partial charge in [-0.2, -0.15) is 9.61 Å². The lowest BCUT2D eigenvalue weighted by Gasteiger charge is -2.04. The van der Waals surface area contributed by atoms with E-state index in [4.69, 9.17) is 4.74 Å². The number of hydrogen-bond acceptors (Lipinski definition) is 7. The molecule has 0 unspecified atom stereocenters. The molecule has 9 heteroatoms. The number of thioether (sulfide) groups is 1. The lowest BCUT2D eigenvalue weighted by Crippen LogP contribution is -2.26. The van der Waals surface area contributed by atoms with Crippen molar-refractivity contribution in [3.63, 3.8) is 0 Å². The highest BCUT2D eigenvalue weighted by Gasteiger charge is 2.09. The molecule has 0 aliphatic heterocycles. The molecule has 126 valence electrons. The average Bonchev–Trinajstić information content (AvgIpc) is 2.95. The number of carbonyl (C=O) groups excluding carboxylic acids is 1. The lowest BCUT2D eigenvalue weighted by atomic mass is 10.4. The van der Waals surface area contributed by atoms with Crippen molar-refractivity contribution in [1.82, 2.24) is 19.9 Å². The fraction of sp³-hybridized carbons (Fsp3) is 0.571. The molecule has 1 N–H and O–H groups in total.